The van der Waals surface area contributed by atoms with E-state index < -0.39 is 5.41 Å². The van der Waals surface area contributed by atoms with Crippen LogP contribution in [-0.4, -0.2) is 15.0 Å². The lowest BCUT2D eigenvalue weighted by Crippen LogP contribution is -2.28. The summed E-state index contributed by atoms with van der Waals surface area (Å²) in [6.07, 6.45) is 0. The van der Waals surface area contributed by atoms with Gasteiger partial charge in [0.15, 0.2) is 17.5 Å². The van der Waals surface area contributed by atoms with Gasteiger partial charge in [-0.15, -0.1) is 0 Å². The van der Waals surface area contributed by atoms with Gasteiger partial charge in [-0.25, -0.2) is 15.0 Å². The van der Waals surface area contributed by atoms with E-state index >= 15 is 0 Å². The minimum absolute atomic E-state index is 0.613. The van der Waals surface area contributed by atoms with Gasteiger partial charge in [-0.05, 0) is 79.9 Å². The Morgan fingerprint density at radius 2 is 0.789 bits per heavy atom. The fourth-order valence-electron chi connectivity index (χ4n) is 8.43. The molecule has 1 aliphatic rings. The highest BCUT2D eigenvalue weighted by Crippen LogP contribution is 2.59. The topological polar surface area (TPSA) is 62.5 Å². The highest BCUT2D eigenvalue weighted by molar-refractivity contribution is 5.97. The van der Waals surface area contributed by atoms with Crippen molar-refractivity contribution < 1.29 is 0 Å². The van der Waals surface area contributed by atoms with Crippen molar-refractivity contribution in [2.45, 2.75) is 5.41 Å². The van der Waals surface area contributed by atoms with Crippen molar-refractivity contribution in [2.24, 2.45) is 0 Å². The highest BCUT2D eigenvalue weighted by Gasteiger charge is 2.47. The van der Waals surface area contributed by atoms with E-state index in [1.807, 2.05) is 60.7 Å². The van der Waals surface area contributed by atoms with Gasteiger partial charge < -0.3 is 0 Å². The lowest BCUT2D eigenvalue weighted by atomic mass is 9.67. The van der Waals surface area contributed by atoms with Gasteiger partial charge in [-0.2, -0.15) is 5.26 Å². The van der Waals surface area contributed by atoms with Gasteiger partial charge in [-0.1, -0.05) is 182 Å². The molecule has 0 N–H and O–H groups in total. The first-order valence-electron chi connectivity index (χ1n) is 19.1. The summed E-state index contributed by atoms with van der Waals surface area (Å²) in [5.41, 5.74) is 14.1. The average Bonchev–Trinajstić information content (AvgIpc) is 3.61. The second-order valence-electron chi connectivity index (χ2n) is 14.3. The van der Waals surface area contributed by atoms with Gasteiger partial charge >= 0.3 is 0 Å². The number of fused-ring (bicyclic) bond motifs is 3. The maximum Gasteiger partial charge on any atom is 0.164 e. The molecule has 0 radical (unpaired) electrons. The van der Waals surface area contributed by atoms with Crippen molar-refractivity contribution >= 4 is 0 Å². The van der Waals surface area contributed by atoms with Gasteiger partial charge in [0.2, 0.25) is 0 Å². The van der Waals surface area contributed by atoms with E-state index in [0.717, 1.165) is 50.1 Å². The first kappa shape index (κ1) is 33.8. The second-order valence-corrected chi connectivity index (χ2v) is 14.3. The summed E-state index contributed by atoms with van der Waals surface area (Å²) in [5.74, 6) is 1.85. The molecule has 0 amide bonds. The summed E-state index contributed by atoms with van der Waals surface area (Å²) < 4.78 is 0. The highest BCUT2D eigenvalue weighted by atomic mass is 15.0. The van der Waals surface area contributed by atoms with Crippen LogP contribution in [0.4, 0.5) is 0 Å². The van der Waals surface area contributed by atoms with E-state index in [1.165, 1.54) is 22.3 Å². The zero-order valence-electron chi connectivity index (χ0n) is 30.9. The molecule has 1 aromatic heterocycles. The number of nitriles is 1. The third-order valence-electron chi connectivity index (χ3n) is 11.1. The van der Waals surface area contributed by atoms with Gasteiger partial charge in [-0.3, -0.25) is 0 Å². The number of hydrogen-bond acceptors (Lipinski definition) is 4. The molecule has 10 rings (SSSR count). The lowest BCUT2D eigenvalue weighted by molar-refractivity contribution is 0.769. The van der Waals surface area contributed by atoms with Crippen LogP contribution in [0.25, 0.3) is 67.5 Å². The number of nitrogens with zero attached hydrogens (tertiary/aromatic N) is 4. The zero-order chi connectivity index (χ0) is 38.2. The van der Waals surface area contributed by atoms with Crippen molar-refractivity contribution in [1.29, 1.82) is 5.26 Å². The Bertz CT molecular complexity index is 2820. The third-order valence-corrected chi connectivity index (χ3v) is 11.1. The maximum atomic E-state index is 9.36. The fraction of sp³-hybridized carbons (Fsp3) is 0.0189. The summed E-state index contributed by atoms with van der Waals surface area (Å²) in [5, 5.41) is 9.36. The first-order chi connectivity index (χ1) is 28.2. The molecule has 266 valence electrons. The first-order valence-corrected chi connectivity index (χ1v) is 19.1. The number of rotatable bonds is 7. The molecule has 4 heteroatoms. The Balaban J connectivity index is 1.29. The van der Waals surface area contributed by atoms with Crippen molar-refractivity contribution in [3.63, 3.8) is 0 Å². The fourth-order valence-corrected chi connectivity index (χ4v) is 8.43. The average molecular weight is 727 g/mol. The Labute approximate surface area is 332 Å². The van der Waals surface area contributed by atoms with Gasteiger partial charge in [0.1, 0.15) is 0 Å². The molecular formula is C53H34N4. The molecular weight excluding hydrogens is 693 g/mol. The van der Waals surface area contributed by atoms with Crippen molar-refractivity contribution in [3.8, 4) is 73.6 Å². The lowest BCUT2D eigenvalue weighted by Gasteiger charge is -2.34. The van der Waals surface area contributed by atoms with Crippen LogP contribution >= 0.6 is 0 Å². The van der Waals surface area contributed by atoms with Crippen molar-refractivity contribution in [2.75, 3.05) is 0 Å². The molecule has 0 unspecified atom stereocenters. The summed E-state index contributed by atoms with van der Waals surface area (Å²) >= 11 is 0. The van der Waals surface area contributed by atoms with Crippen LogP contribution in [0.5, 0.6) is 0 Å². The minimum atomic E-state index is -0.626. The van der Waals surface area contributed by atoms with E-state index in [4.69, 9.17) is 15.0 Å². The van der Waals surface area contributed by atoms with Crippen LogP contribution in [0, 0.1) is 11.3 Å². The van der Waals surface area contributed by atoms with Crippen LogP contribution in [0.2, 0.25) is 0 Å². The molecule has 8 aromatic carbocycles. The van der Waals surface area contributed by atoms with Gasteiger partial charge in [0, 0.05) is 16.7 Å². The molecule has 57 heavy (non-hydrogen) atoms. The molecule has 0 spiro atoms. The predicted octanol–water partition coefficient (Wildman–Crippen LogP) is 12.4. The molecule has 0 fully saturated rings. The molecule has 9 aromatic rings. The monoisotopic (exact) mass is 726 g/mol. The Hall–Kier alpha value is -7.74. The molecule has 0 saturated heterocycles. The Kier molecular flexibility index (Phi) is 8.39. The van der Waals surface area contributed by atoms with Crippen LogP contribution < -0.4 is 0 Å². The summed E-state index contributed by atoms with van der Waals surface area (Å²) in [6.45, 7) is 0. The quantitative estimate of drug-likeness (QED) is 0.164. The molecule has 1 heterocycles. The third kappa shape index (κ3) is 5.82. The summed E-state index contributed by atoms with van der Waals surface area (Å²) in [6, 6.07) is 74.1. The van der Waals surface area contributed by atoms with Gasteiger partial charge in [0.05, 0.1) is 17.0 Å². The van der Waals surface area contributed by atoms with E-state index in [9.17, 15) is 5.26 Å². The molecule has 0 atom stereocenters. The van der Waals surface area contributed by atoms with Gasteiger partial charge in [0.25, 0.3) is 0 Å². The van der Waals surface area contributed by atoms with Crippen LogP contribution in [-0.2, 0) is 5.41 Å². The number of aromatic nitrogens is 3. The largest absolute Gasteiger partial charge is 0.208 e. The summed E-state index contributed by atoms with van der Waals surface area (Å²) in [7, 11) is 0. The predicted molar refractivity (Wildman–Crippen MR) is 229 cm³/mol. The SMILES string of the molecule is N#Cc1ccc(-c2ccc(-c3cc(-c4nc(-c5ccccc5)nc(-c5ccccc5)n4)c4c(c3)C(c3ccccc3)(c3ccccc3)c3ccccc3-4)cc2)cc1. The minimum Gasteiger partial charge on any atom is -0.208 e. The van der Waals surface area contributed by atoms with Crippen molar-refractivity contribution in [1.82, 2.24) is 15.0 Å². The number of benzene rings is 8. The zero-order valence-corrected chi connectivity index (χ0v) is 30.9. The van der Waals surface area contributed by atoms with Crippen LogP contribution in [0.3, 0.4) is 0 Å². The van der Waals surface area contributed by atoms with E-state index in [1.54, 1.807) is 0 Å². The van der Waals surface area contributed by atoms with Crippen LogP contribution in [0.15, 0.2) is 206 Å². The smallest absolute Gasteiger partial charge is 0.164 e. The molecule has 0 saturated carbocycles. The second kappa shape index (κ2) is 14.2. The molecule has 0 bridgehead atoms. The van der Waals surface area contributed by atoms with Crippen molar-refractivity contribution in [3.05, 3.63) is 234 Å². The number of hydrogen-bond donors (Lipinski definition) is 0. The van der Waals surface area contributed by atoms with E-state index in [0.29, 0.717) is 23.0 Å². The van der Waals surface area contributed by atoms with E-state index in [-0.39, 0.29) is 0 Å². The van der Waals surface area contributed by atoms with E-state index in [2.05, 4.69) is 152 Å². The Morgan fingerprint density at radius 3 is 1.32 bits per heavy atom. The molecule has 0 aliphatic heterocycles. The molecule has 1 aliphatic carbocycles. The molecule has 4 nitrogen and oxygen atoms in total. The Morgan fingerprint density at radius 1 is 0.351 bits per heavy atom. The summed E-state index contributed by atoms with van der Waals surface area (Å²) in [4.78, 5) is 15.7. The van der Waals surface area contributed by atoms with Crippen LogP contribution in [0.1, 0.15) is 27.8 Å². The standard InChI is InChI=1S/C53H34N4/c54-35-36-25-27-37(28-26-36)38-29-31-39(32-30-38)42-33-46(52-56-50(40-15-5-1-6-16-40)55-51(57-52)41-17-7-2-8-18-41)49-45-23-13-14-24-47(45)53(48(49)34-42,43-19-9-3-10-20-43)44-21-11-4-12-22-44/h1-34H. The normalized spacial score (nSPS) is 12.3. The maximum absolute atomic E-state index is 9.36.